The van der Waals surface area contributed by atoms with Crippen LogP contribution in [-0.4, -0.2) is 45.4 Å². The second-order valence-electron chi connectivity index (χ2n) is 5.36. The van der Waals surface area contributed by atoms with Crippen LogP contribution in [0, 0.1) is 5.92 Å². The van der Waals surface area contributed by atoms with Gasteiger partial charge in [-0.15, -0.1) is 0 Å². The number of benzene rings is 1. The Hall–Kier alpha value is -2.29. The van der Waals surface area contributed by atoms with Crippen molar-refractivity contribution < 1.29 is 32.2 Å². The average Bonchev–Trinajstić information content (AvgIpc) is 2.57. The first kappa shape index (κ1) is 20.8. The minimum absolute atomic E-state index is 0.0620. The number of anilines is 1. The highest BCUT2D eigenvalue weighted by atomic mass is 19.4. The van der Waals surface area contributed by atoms with Gasteiger partial charge in [0.2, 0.25) is 5.91 Å². The first-order valence-electron chi connectivity index (χ1n) is 7.52. The van der Waals surface area contributed by atoms with Crippen molar-refractivity contribution in [2.45, 2.75) is 19.5 Å². The molecule has 0 heterocycles. The van der Waals surface area contributed by atoms with Crippen LogP contribution in [-0.2, 0) is 9.53 Å². The van der Waals surface area contributed by atoms with Crippen molar-refractivity contribution in [2.75, 3.05) is 32.6 Å². The molecule has 1 atom stereocenters. The number of amides is 1. The van der Waals surface area contributed by atoms with Crippen molar-refractivity contribution in [3.05, 3.63) is 23.8 Å². The van der Waals surface area contributed by atoms with E-state index in [1.807, 2.05) is 0 Å². The summed E-state index contributed by atoms with van der Waals surface area (Å²) < 4.78 is 46.8. The van der Waals surface area contributed by atoms with Crippen molar-refractivity contribution in [2.24, 2.45) is 5.92 Å². The second-order valence-corrected chi connectivity index (χ2v) is 5.36. The summed E-state index contributed by atoms with van der Waals surface area (Å²) in [5.74, 6) is -2.16. The maximum absolute atomic E-state index is 12.4. The molecule has 0 unspecified atom stereocenters. The van der Waals surface area contributed by atoms with E-state index < -0.39 is 24.0 Å². The van der Waals surface area contributed by atoms with Crippen LogP contribution < -0.4 is 15.4 Å². The number of carbonyl (C=O) groups excluding carboxylic acids is 2. The third kappa shape index (κ3) is 6.61. The Morgan fingerprint density at radius 2 is 1.92 bits per heavy atom. The van der Waals surface area contributed by atoms with Gasteiger partial charge in [-0.3, -0.25) is 4.79 Å². The quantitative estimate of drug-likeness (QED) is 0.549. The van der Waals surface area contributed by atoms with E-state index in [0.29, 0.717) is 5.69 Å². The summed E-state index contributed by atoms with van der Waals surface area (Å²) in [6, 6.07) is 4.36. The third-order valence-corrected chi connectivity index (χ3v) is 3.50. The first-order valence-corrected chi connectivity index (χ1v) is 7.52. The Balaban J connectivity index is 2.53. The highest BCUT2D eigenvalue weighted by Crippen LogP contribution is 2.28. The van der Waals surface area contributed by atoms with Crippen molar-refractivity contribution in [1.82, 2.24) is 5.32 Å². The Bertz CT molecular complexity index is 606. The number of hydrogen-bond donors (Lipinski definition) is 2. The molecule has 6 nitrogen and oxygen atoms in total. The number of methoxy groups -OCH3 is 2. The van der Waals surface area contributed by atoms with Crippen LogP contribution in [0.25, 0.3) is 0 Å². The van der Waals surface area contributed by atoms with Gasteiger partial charge in [-0.1, -0.05) is 6.92 Å². The molecule has 1 amide bonds. The molecule has 0 spiro atoms. The summed E-state index contributed by atoms with van der Waals surface area (Å²) in [4.78, 5) is 23.3. The van der Waals surface area contributed by atoms with E-state index in [0.717, 1.165) is 6.92 Å². The number of nitrogens with one attached hydrogen (secondary N) is 2. The number of alkyl halides is 3. The molecule has 0 aliphatic heterocycles. The molecule has 1 rings (SSSR count). The molecule has 0 fully saturated rings. The molecule has 0 saturated heterocycles. The van der Waals surface area contributed by atoms with Crippen LogP contribution in [0.15, 0.2) is 18.2 Å². The zero-order valence-corrected chi connectivity index (χ0v) is 14.2. The standard InChI is InChI=1S/C16H21F3N2O4/c1-10(16(17,18)19)6-7-20-9-14(22)21-12-5-4-11(15(23)25-3)8-13(12)24-2/h4-5,8,10,20H,6-7,9H2,1-3H3,(H,21,22)/t10-/m0/s1. The fourth-order valence-corrected chi connectivity index (χ4v) is 1.92. The van der Waals surface area contributed by atoms with Gasteiger partial charge in [0.25, 0.3) is 0 Å². The average molecular weight is 362 g/mol. The van der Waals surface area contributed by atoms with Crippen LogP contribution >= 0.6 is 0 Å². The molecule has 9 heteroatoms. The minimum Gasteiger partial charge on any atom is -0.495 e. The lowest BCUT2D eigenvalue weighted by molar-refractivity contribution is -0.170. The van der Waals surface area contributed by atoms with Gasteiger partial charge in [0.15, 0.2) is 0 Å². The van der Waals surface area contributed by atoms with Crippen molar-refractivity contribution in [3.8, 4) is 5.75 Å². The van der Waals surface area contributed by atoms with E-state index in [4.69, 9.17) is 4.74 Å². The van der Waals surface area contributed by atoms with Gasteiger partial charge in [0.05, 0.1) is 37.9 Å². The van der Waals surface area contributed by atoms with Gasteiger partial charge in [0.1, 0.15) is 5.75 Å². The Kier molecular flexibility index (Phi) is 7.69. The number of halogens is 3. The third-order valence-electron chi connectivity index (χ3n) is 3.50. The van der Waals surface area contributed by atoms with E-state index in [2.05, 4.69) is 15.4 Å². The van der Waals surface area contributed by atoms with Gasteiger partial charge < -0.3 is 20.1 Å². The molecule has 0 aromatic heterocycles. The summed E-state index contributed by atoms with van der Waals surface area (Å²) in [5, 5.41) is 5.22. The summed E-state index contributed by atoms with van der Waals surface area (Å²) in [5.41, 5.74) is 0.599. The highest BCUT2D eigenvalue weighted by molar-refractivity contribution is 5.95. The maximum atomic E-state index is 12.4. The zero-order chi connectivity index (χ0) is 19.0. The lowest BCUT2D eigenvalue weighted by atomic mass is 10.1. The summed E-state index contributed by atoms with van der Waals surface area (Å²) in [7, 11) is 2.62. The predicted octanol–water partition coefficient (Wildman–Crippen LogP) is 2.60. The van der Waals surface area contributed by atoms with E-state index in [9.17, 15) is 22.8 Å². The molecular formula is C16H21F3N2O4. The SMILES string of the molecule is COC(=O)c1ccc(NC(=O)CNCC[C@H](C)C(F)(F)F)c(OC)c1. The summed E-state index contributed by atoms with van der Waals surface area (Å²) in [6.45, 7) is 1.01. The second kappa shape index (κ2) is 9.26. The summed E-state index contributed by atoms with van der Waals surface area (Å²) in [6.07, 6.45) is -4.35. The van der Waals surface area contributed by atoms with Gasteiger partial charge >= 0.3 is 12.1 Å². The van der Waals surface area contributed by atoms with Crippen LogP contribution in [0.4, 0.5) is 18.9 Å². The van der Waals surface area contributed by atoms with Gasteiger partial charge in [-0.05, 0) is 31.2 Å². The smallest absolute Gasteiger partial charge is 0.391 e. The molecule has 25 heavy (non-hydrogen) atoms. The van der Waals surface area contributed by atoms with Crippen LogP contribution in [0.3, 0.4) is 0 Å². The molecular weight excluding hydrogens is 341 g/mol. The topological polar surface area (TPSA) is 76.7 Å². The van der Waals surface area contributed by atoms with E-state index in [1.54, 1.807) is 0 Å². The molecule has 0 radical (unpaired) electrons. The van der Waals surface area contributed by atoms with E-state index in [-0.39, 0.29) is 30.8 Å². The van der Waals surface area contributed by atoms with Crippen molar-refractivity contribution in [1.29, 1.82) is 0 Å². The first-order chi connectivity index (χ1) is 11.7. The van der Waals surface area contributed by atoms with Crippen molar-refractivity contribution >= 4 is 17.6 Å². The summed E-state index contributed by atoms with van der Waals surface area (Å²) >= 11 is 0. The molecule has 140 valence electrons. The monoisotopic (exact) mass is 362 g/mol. The predicted molar refractivity (Wildman–Crippen MR) is 85.7 cm³/mol. The van der Waals surface area contributed by atoms with Crippen molar-refractivity contribution in [3.63, 3.8) is 0 Å². The molecule has 0 bridgehead atoms. The number of ether oxygens (including phenoxy) is 2. The Morgan fingerprint density at radius 3 is 2.48 bits per heavy atom. The van der Waals surface area contributed by atoms with Gasteiger partial charge in [-0.2, -0.15) is 13.2 Å². The molecule has 2 N–H and O–H groups in total. The largest absolute Gasteiger partial charge is 0.495 e. The van der Waals surface area contributed by atoms with Crippen LogP contribution in [0.1, 0.15) is 23.7 Å². The molecule has 1 aromatic rings. The van der Waals surface area contributed by atoms with Crippen LogP contribution in [0.2, 0.25) is 0 Å². The Morgan fingerprint density at radius 1 is 1.24 bits per heavy atom. The van der Waals surface area contributed by atoms with Gasteiger partial charge in [0, 0.05) is 0 Å². The lowest BCUT2D eigenvalue weighted by Crippen LogP contribution is -2.31. The molecule has 1 aromatic carbocycles. The van der Waals surface area contributed by atoms with E-state index >= 15 is 0 Å². The Labute approximate surface area is 143 Å². The fraction of sp³-hybridized carbons (Fsp3) is 0.500. The van der Waals surface area contributed by atoms with Gasteiger partial charge in [-0.25, -0.2) is 4.79 Å². The zero-order valence-electron chi connectivity index (χ0n) is 14.2. The van der Waals surface area contributed by atoms with Crippen LogP contribution in [0.5, 0.6) is 5.75 Å². The highest BCUT2D eigenvalue weighted by Gasteiger charge is 2.35. The normalized spacial score (nSPS) is 12.4. The number of esters is 1. The fourth-order valence-electron chi connectivity index (χ4n) is 1.92. The lowest BCUT2D eigenvalue weighted by Gasteiger charge is -2.15. The molecule has 0 saturated carbocycles. The number of rotatable bonds is 8. The maximum Gasteiger partial charge on any atom is 0.391 e. The molecule has 0 aliphatic carbocycles. The number of carbonyl (C=O) groups is 2. The molecule has 0 aliphatic rings. The minimum atomic E-state index is -4.24. The van der Waals surface area contributed by atoms with E-state index in [1.165, 1.54) is 32.4 Å². The number of hydrogen-bond acceptors (Lipinski definition) is 5.